The van der Waals surface area contributed by atoms with Gasteiger partial charge in [-0.1, -0.05) is 11.6 Å². The highest BCUT2D eigenvalue weighted by atomic mass is 35.5. The van der Waals surface area contributed by atoms with E-state index < -0.39 is 12.0 Å². The lowest BCUT2D eigenvalue weighted by atomic mass is 10.2. The van der Waals surface area contributed by atoms with Gasteiger partial charge in [-0.3, -0.25) is 4.79 Å². The number of carbonyl (C=O) groups is 2. The molecule has 0 saturated carbocycles. The number of halogens is 1. The molecule has 0 saturated heterocycles. The Morgan fingerprint density at radius 1 is 1.52 bits per heavy atom. The van der Waals surface area contributed by atoms with Crippen molar-refractivity contribution in [1.29, 1.82) is 0 Å². The summed E-state index contributed by atoms with van der Waals surface area (Å²) < 4.78 is 1.85. The lowest BCUT2D eigenvalue weighted by Crippen LogP contribution is -2.36. The van der Waals surface area contributed by atoms with Gasteiger partial charge in [-0.2, -0.15) is 11.8 Å². The Kier molecular flexibility index (Phi) is 5.46. The molecule has 0 radical (unpaired) electrons. The van der Waals surface area contributed by atoms with E-state index in [1.54, 1.807) is 24.0 Å². The van der Waals surface area contributed by atoms with Crippen LogP contribution in [0.15, 0.2) is 24.5 Å². The molecule has 0 aliphatic heterocycles. The van der Waals surface area contributed by atoms with Gasteiger partial charge in [-0.15, -0.1) is 0 Å². The quantitative estimate of drug-likeness (QED) is 0.570. The molecule has 8 heteroatoms. The summed E-state index contributed by atoms with van der Waals surface area (Å²) in [5.41, 5.74) is 1.72. The van der Waals surface area contributed by atoms with E-state index in [1.807, 2.05) is 16.7 Å². The average Bonchev–Trinajstić information content (AvgIpc) is 2.83. The number of carbonyl (C=O) groups excluding carboxylic acids is 1. The number of carboxylic acids is 1. The van der Waals surface area contributed by atoms with Crippen molar-refractivity contribution in [1.82, 2.24) is 14.7 Å². The number of hydrogen-bond donors (Lipinski definition) is 2. The summed E-state index contributed by atoms with van der Waals surface area (Å²) in [7, 11) is 0. The maximum absolute atomic E-state index is 10.8. The summed E-state index contributed by atoms with van der Waals surface area (Å²) in [6.45, 7) is 0. The van der Waals surface area contributed by atoms with Crippen LogP contribution >= 0.6 is 23.4 Å². The fraction of sp³-hybridized carbons (Fsp3) is 0.308. The zero-order chi connectivity index (χ0) is 15.2. The number of rotatable bonds is 8. The molecule has 0 fully saturated rings. The Bertz CT molecular complexity index is 647. The number of thioether (sulfide) groups is 1. The van der Waals surface area contributed by atoms with Crippen molar-refractivity contribution in [2.75, 3.05) is 5.75 Å². The third-order valence-electron chi connectivity index (χ3n) is 2.83. The molecule has 0 aromatic carbocycles. The van der Waals surface area contributed by atoms with Crippen molar-refractivity contribution in [3.05, 3.63) is 35.2 Å². The first kappa shape index (κ1) is 15.7. The van der Waals surface area contributed by atoms with Crippen molar-refractivity contribution >= 4 is 41.4 Å². The third kappa shape index (κ3) is 4.37. The fourth-order valence-electron chi connectivity index (χ4n) is 1.82. The number of nitrogens with zero attached hydrogens (tertiary/aromatic N) is 2. The highest BCUT2D eigenvalue weighted by Gasteiger charge is 2.15. The Balaban J connectivity index is 1.84. The van der Waals surface area contributed by atoms with Crippen LogP contribution in [0.1, 0.15) is 12.1 Å². The molecule has 1 unspecified atom stereocenters. The summed E-state index contributed by atoms with van der Waals surface area (Å²) in [4.78, 5) is 25.6. The van der Waals surface area contributed by atoms with Crippen molar-refractivity contribution < 1.29 is 14.7 Å². The zero-order valence-electron chi connectivity index (χ0n) is 11.0. The van der Waals surface area contributed by atoms with E-state index in [4.69, 9.17) is 16.7 Å². The van der Waals surface area contributed by atoms with Crippen LogP contribution in [-0.2, 0) is 15.3 Å². The number of pyridine rings is 1. The van der Waals surface area contributed by atoms with Crippen LogP contribution in [0.25, 0.3) is 5.65 Å². The highest BCUT2D eigenvalue weighted by molar-refractivity contribution is 7.98. The topological polar surface area (TPSA) is 83.7 Å². The largest absolute Gasteiger partial charge is 0.480 e. The second-order valence-corrected chi connectivity index (χ2v) is 5.90. The van der Waals surface area contributed by atoms with Crippen molar-refractivity contribution in [2.45, 2.75) is 18.2 Å². The van der Waals surface area contributed by atoms with Gasteiger partial charge in [0, 0.05) is 18.1 Å². The maximum Gasteiger partial charge on any atom is 0.326 e. The van der Waals surface area contributed by atoms with Crippen LogP contribution in [0.2, 0.25) is 5.02 Å². The average molecular weight is 328 g/mol. The monoisotopic (exact) mass is 327 g/mol. The predicted octanol–water partition coefficient (Wildman–Crippen LogP) is 1.81. The minimum atomic E-state index is -1.02. The van der Waals surface area contributed by atoms with Crippen molar-refractivity contribution in [2.24, 2.45) is 0 Å². The smallest absolute Gasteiger partial charge is 0.326 e. The zero-order valence-corrected chi connectivity index (χ0v) is 12.6. The van der Waals surface area contributed by atoms with E-state index in [2.05, 4.69) is 10.3 Å². The van der Waals surface area contributed by atoms with Crippen LogP contribution in [0.3, 0.4) is 0 Å². The van der Waals surface area contributed by atoms with Crippen LogP contribution in [0.5, 0.6) is 0 Å². The van der Waals surface area contributed by atoms with Gasteiger partial charge >= 0.3 is 5.97 Å². The predicted molar refractivity (Wildman–Crippen MR) is 81.6 cm³/mol. The Morgan fingerprint density at radius 3 is 3.05 bits per heavy atom. The summed E-state index contributed by atoms with van der Waals surface area (Å²) in [6.07, 6.45) is 4.46. The minimum Gasteiger partial charge on any atom is -0.480 e. The second-order valence-electron chi connectivity index (χ2n) is 4.36. The summed E-state index contributed by atoms with van der Waals surface area (Å²) >= 11 is 7.47. The molecule has 0 aliphatic carbocycles. The molecule has 1 amide bonds. The van der Waals surface area contributed by atoms with Crippen molar-refractivity contribution in [3.8, 4) is 0 Å². The maximum atomic E-state index is 10.8. The lowest BCUT2D eigenvalue weighted by Gasteiger charge is -2.09. The Morgan fingerprint density at radius 2 is 2.33 bits per heavy atom. The number of hydrogen-bond acceptors (Lipinski definition) is 4. The first-order valence-electron chi connectivity index (χ1n) is 6.23. The first-order valence-corrected chi connectivity index (χ1v) is 7.77. The van der Waals surface area contributed by atoms with Gasteiger partial charge in [0.25, 0.3) is 0 Å². The van der Waals surface area contributed by atoms with Gasteiger partial charge in [-0.25, -0.2) is 9.78 Å². The molecule has 2 rings (SSSR count). The normalized spacial score (nSPS) is 12.2. The van der Waals surface area contributed by atoms with Crippen LogP contribution in [-0.4, -0.2) is 38.7 Å². The molecule has 21 heavy (non-hydrogen) atoms. The van der Waals surface area contributed by atoms with Gasteiger partial charge in [0.1, 0.15) is 11.7 Å². The van der Waals surface area contributed by atoms with Crippen molar-refractivity contribution in [3.63, 3.8) is 0 Å². The number of carboxylic acid groups (broad SMARTS) is 1. The number of amides is 1. The summed E-state index contributed by atoms with van der Waals surface area (Å²) in [6, 6.07) is 2.78. The van der Waals surface area contributed by atoms with E-state index >= 15 is 0 Å². The first-order chi connectivity index (χ1) is 10.1. The third-order valence-corrected chi connectivity index (χ3v) is 4.08. The standard InChI is InChI=1S/C13H14ClN3O3S/c14-9-1-2-12-16-10(6-17(12)5-9)7-21-4-3-11(13(19)20)15-8-18/h1-2,5-6,8,11H,3-4,7H2,(H,15,18)(H,19,20). The number of aliphatic carboxylic acids is 1. The second kappa shape index (κ2) is 7.33. The molecule has 2 heterocycles. The van der Waals surface area contributed by atoms with E-state index in [0.29, 0.717) is 29.4 Å². The Hall–Kier alpha value is -1.73. The molecule has 2 aromatic heterocycles. The van der Waals surface area contributed by atoms with Crippen LogP contribution < -0.4 is 5.32 Å². The van der Waals surface area contributed by atoms with E-state index in [9.17, 15) is 9.59 Å². The fourth-order valence-corrected chi connectivity index (χ4v) is 2.89. The highest BCUT2D eigenvalue weighted by Crippen LogP contribution is 2.16. The molecule has 2 N–H and O–H groups in total. The molecular weight excluding hydrogens is 314 g/mol. The van der Waals surface area contributed by atoms with E-state index in [-0.39, 0.29) is 0 Å². The molecular formula is C13H14ClN3O3S. The van der Waals surface area contributed by atoms with Crippen LogP contribution in [0, 0.1) is 0 Å². The molecule has 0 spiro atoms. The molecule has 0 bridgehead atoms. The van der Waals surface area contributed by atoms with Gasteiger partial charge in [0.2, 0.25) is 6.41 Å². The van der Waals surface area contributed by atoms with E-state index in [0.717, 1.165) is 11.3 Å². The number of nitrogens with one attached hydrogen (secondary N) is 1. The summed E-state index contributed by atoms with van der Waals surface area (Å²) in [5, 5.41) is 11.8. The van der Waals surface area contributed by atoms with E-state index in [1.165, 1.54) is 0 Å². The number of aromatic nitrogens is 2. The van der Waals surface area contributed by atoms with Crippen LogP contribution in [0.4, 0.5) is 0 Å². The lowest BCUT2D eigenvalue weighted by molar-refractivity contribution is -0.140. The SMILES string of the molecule is O=CNC(CCSCc1cn2cc(Cl)ccc2n1)C(=O)O. The molecule has 6 nitrogen and oxygen atoms in total. The van der Waals surface area contributed by atoms with Gasteiger partial charge in [0.15, 0.2) is 0 Å². The number of fused-ring (bicyclic) bond motifs is 1. The minimum absolute atomic E-state index is 0.373. The molecule has 1 atom stereocenters. The van der Waals surface area contributed by atoms with Gasteiger partial charge in [-0.05, 0) is 24.3 Å². The Labute approximate surface area is 130 Å². The summed E-state index contributed by atoms with van der Waals surface area (Å²) in [5.74, 6) is 0.268. The molecule has 0 aliphatic rings. The number of imidazole rings is 1. The molecule has 112 valence electrons. The van der Waals surface area contributed by atoms with Gasteiger partial charge < -0.3 is 14.8 Å². The van der Waals surface area contributed by atoms with Gasteiger partial charge in [0.05, 0.1) is 10.7 Å². The molecule has 2 aromatic rings.